The Morgan fingerprint density at radius 1 is 1.10 bits per heavy atom. The smallest absolute Gasteiger partial charge is 0.207 e. The van der Waals surface area contributed by atoms with Crippen molar-refractivity contribution in [1.29, 1.82) is 0 Å². The number of benzene rings is 1. The average Bonchev–Trinajstić information content (AvgIpc) is 2.85. The van der Waals surface area contributed by atoms with E-state index in [4.69, 9.17) is 10.7 Å². The average molecular weight is 366 g/mol. The molecule has 5 nitrogen and oxygen atoms in total. The quantitative estimate of drug-likeness (QED) is 0.825. The molecule has 1 N–H and O–H groups in total. The molecule has 0 radical (unpaired) electrons. The maximum atomic E-state index is 12.2. The minimum absolute atomic E-state index is 0.00532. The van der Waals surface area contributed by atoms with Gasteiger partial charge in [0.1, 0.15) is 4.21 Å². The van der Waals surface area contributed by atoms with Crippen LogP contribution in [-0.4, -0.2) is 16.8 Å². The van der Waals surface area contributed by atoms with E-state index >= 15 is 0 Å². The van der Waals surface area contributed by atoms with Crippen molar-refractivity contribution in [1.82, 2.24) is 4.72 Å². The van der Waals surface area contributed by atoms with E-state index in [0.717, 1.165) is 11.3 Å². The maximum Gasteiger partial charge on any atom is 0.270 e. The second kappa shape index (κ2) is 6.05. The molecule has 0 saturated carbocycles. The molecule has 0 fully saturated rings. The fourth-order valence-corrected chi connectivity index (χ4v) is 5.09. The van der Waals surface area contributed by atoms with Gasteiger partial charge >= 0.3 is 0 Å². The van der Waals surface area contributed by atoms with Crippen LogP contribution in [0.2, 0.25) is 0 Å². The summed E-state index contributed by atoms with van der Waals surface area (Å²) in [7, 11) is -2.20. The molecular weight excluding hydrogens is 354 g/mol. The van der Waals surface area contributed by atoms with E-state index in [1.165, 1.54) is 18.2 Å². The van der Waals surface area contributed by atoms with Crippen LogP contribution in [0, 0.1) is 6.92 Å². The van der Waals surface area contributed by atoms with Gasteiger partial charge < -0.3 is 0 Å². The van der Waals surface area contributed by atoms with E-state index in [0.29, 0.717) is 10.4 Å². The molecule has 21 heavy (non-hydrogen) atoms. The summed E-state index contributed by atoms with van der Waals surface area (Å²) in [6.07, 6.45) is 0. The first-order chi connectivity index (χ1) is 9.70. The van der Waals surface area contributed by atoms with Crippen LogP contribution in [0.25, 0.3) is 0 Å². The number of halogens is 1. The third-order valence-corrected chi connectivity index (χ3v) is 7.44. The van der Waals surface area contributed by atoms with Crippen molar-refractivity contribution in [3.05, 3.63) is 46.8 Å². The van der Waals surface area contributed by atoms with E-state index in [9.17, 15) is 16.8 Å². The first-order valence-corrected chi connectivity index (χ1v) is 10.4. The summed E-state index contributed by atoms with van der Waals surface area (Å²) >= 11 is 0.933. The Morgan fingerprint density at radius 3 is 2.33 bits per heavy atom. The Morgan fingerprint density at radius 2 is 1.76 bits per heavy atom. The lowest BCUT2D eigenvalue weighted by molar-refractivity contribution is 0.581. The van der Waals surface area contributed by atoms with Crippen LogP contribution in [0.15, 0.2) is 45.5 Å². The Labute approximate surface area is 132 Å². The van der Waals surface area contributed by atoms with Crippen LogP contribution >= 0.6 is 22.0 Å². The number of rotatable bonds is 5. The highest BCUT2D eigenvalue weighted by molar-refractivity contribution is 8.15. The summed E-state index contributed by atoms with van der Waals surface area (Å²) in [5.41, 5.74) is 0.639. The minimum Gasteiger partial charge on any atom is -0.207 e. The second-order valence-electron chi connectivity index (χ2n) is 4.25. The third kappa shape index (κ3) is 4.04. The lowest BCUT2D eigenvalue weighted by atomic mass is 10.2. The first-order valence-electron chi connectivity index (χ1n) is 5.79. The number of thiophene rings is 1. The van der Waals surface area contributed by atoms with Crippen LogP contribution in [-0.2, 0) is 25.6 Å². The largest absolute Gasteiger partial charge is 0.270 e. The van der Waals surface area contributed by atoms with E-state index in [1.807, 2.05) is 0 Å². The lowest BCUT2D eigenvalue weighted by Gasteiger charge is -2.08. The predicted molar refractivity (Wildman–Crippen MR) is 82.6 cm³/mol. The van der Waals surface area contributed by atoms with Crippen molar-refractivity contribution < 1.29 is 16.8 Å². The van der Waals surface area contributed by atoms with Crippen LogP contribution in [0.3, 0.4) is 0 Å². The summed E-state index contributed by atoms with van der Waals surface area (Å²) in [4.78, 5) is 0.762. The molecule has 0 aliphatic heterocycles. The van der Waals surface area contributed by atoms with Crippen molar-refractivity contribution in [3.63, 3.8) is 0 Å². The van der Waals surface area contributed by atoms with Crippen LogP contribution in [0.4, 0.5) is 0 Å². The molecule has 2 rings (SSSR count). The molecule has 114 valence electrons. The van der Waals surface area contributed by atoms with Gasteiger partial charge in [-0.05, 0) is 30.7 Å². The number of hydrogen-bond acceptors (Lipinski definition) is 5. The number of sulfonamides is 1. The summed E-state index contributed by atoms with van der Waals surface area (Å²) in [5.74, 6) is 0. The van der Waals surface area contributed by atoms with E-state index in [-0.39, 0.29) is 15.6 Å². The van der Waals surface area contributed by atoms with E-state index < -0.39 is 19.1 Å². The Kier molecular flexibility index (Phi) is 4.74. The molecule has 1 aromatic heterocycles. The van der Waals surface area contributed by atoms with Crippen molar-refractivity contribution in [2.75, 3.05) is 0 Å². The van der Waals surface area contributed by atoms with Gasteiger partial charge in [-0.2, -0.15) is 0 Å². The minimum atomic E-state index is -3.78. The molecule has 0 unspecified atom stereocenters. The van der Waals surface area contributed by atoms with Crippen molar-refractivity contribution in [3.8, 4) is 0 Å². The van der Waals surface area contributed by atoms with Crippen molar-refractivity contribution >= 4 is 41.1 Å². The van der Waals surface area contributed by atoms with E-state index in [1.54, 1.807) is 25.1 Å². The van der Waals surface area contributed by atoms with Gasteiger partial charge in [-0.3, -0.25) is 0 Å². The summed E-state index contributed by atoms with van der Waals surface area (Å²) in [6, 6.07) is 9.50. The monoisotopic (exact) mass is 365 g/mol. The molecule has 0 bridgehead atoms. The third-order valence-electron chi connectivity index (χ3n) is 2.70. The molecule has 9 heteroatoms. The molecule has 2 aromatic rings. The number of nitrogens with one attached hydrogen (secondary N) is 1. The lowest BCUT2D eigenvalue weighted by Crippen LogP contribution is -2.23. The SMILES string of the molecule is Cc1ccccc1S(=O)(=O)NCc1ccc(S(=O)(=O)Cl)s1. The summed E-state index contributed by atoms with van der Waals surface area (Å²) < 4.78 is 49.1. The zero-order valence-corrected chi connectivity index (χ0v) is 14.1. The zero-order chi connectivity index (χ0) is 15.7. The van der Waals surface area contributed by atoms with Crippen molar-refractivity contribution in [2.45, 2.75) is 22.6 Å². The predicted octanol–water partition coefficient (Wildman–Crippen LogP) is 2.46. The Bertz CT molecular complexity index is 856. The van der Waals surface area contributed by atoms with Gasteiger partial charge in [0.05, 0.1) is 4.90 Å². The van der Waals surface area contributed by atoms with Crippen LogP contribution in [0.5, 0.6) is 0 Å². The van der Waals surface area contributed by atoms with Crippen molar-refractivity contribution in [2.24, 2.45) is 0 Å². The molecule has 0 saturated heterocycles. The standard InChI is InChI=1S/C12H12ClNO4S3/c1-9-4-2-3-5-11(9)21(17,18)14-8-10-6-7-12(19-10)20(13,15)16/h2-7,14H,8H2,1H3. The van der Waals surface area contributed by atoms with Gasteiger partial charge in [-0.25, -0.2) is 21.6 Å². The van der Waals surface area contributed by atoms with Gasteiger partial charge in [-0.1, -0.05) is 18.2 Å². The highest BCUT2D eigenvalue weighted by atomic mass is 35.7. The Hall–Kier alpha value is -0.930. The fraction of sp³-hybridized carbons (Fsp3) is 0.167. The van der Waals surface area contributed by atoms with Gasteiger partial charge in [0.15, 0.2) is 0 Å². The summed E-state index contributed by atoms with van der Waals surface area (Å²) in [6.45, 7) is 1.71. The number of aryl methyl sites for hydroxylation is 1. The second-order valence-corrected chi connectivity index (χ2v) is 9.95. The molecule has 0 spiro atoms. The number of hydrogen-bond donors (Lipinski definition) is 1. The summed E-state index contributed by atoms with van der Waals surface area (Å²) in [5, 5.41) is 0. The molecule has 0 amide bonds. The van der Waals surface area contributed by atoms with Gasteiger partial charge in [0.2, 0.25) is 10.0 Å². The van der Waals surface area contributed by atoms with Crippen LogP contribution in [0.1, 0.15) is 10.4 Å². The Balaban J connectivity index is 2.16. The highest BCUT2D eigenvalue weighted by Crippen LogP contribution is 2.25. The van der Waals surface area contributed by atoms with Crippen LogP contribution < -0.4 is 4.72 Å². The molecule has 0 aliphatic rings. The van der Waals surface area contributed by atoms with E-state index in [2.05, 4.69) is 4.72 Å². The molecule has 0 atom stereocenters. The zero-order valence-electron chi connectivity index (χ0n) is 10.9. The van der Waals surface area contributed by atoms with Gasteiger partial charge in [-0.15, -0.1) is 11.3 Å². The normalized spacial score (nSPS) is 12.5. The molecule has 0 aliphatic carbocycles. The highest BCUT2D eigenvalue weighted by Gasteiger charge is 2.17. The first kappa shape index (κ1) is 16.4. The molecule has 1 heterocycles. The topological polar surface area (TPSA) is 80.3 Å². The molecule has 1 aromatic carbocycles. The fourth-order valence-electron chi connectivity index (χ4n) is 1.69. The van der Waals surface area contributed by atoms with Gasteiger partial charge in [0.25, 0.3) is 9.05 Å². The van der Waals surface area contributed by atoms with Gasteiger partial charge in [0, 0.05) is 22.1 Å². The molecular formula is C12H12ClNO4S3. The maximum absolute atomic E-state index is 12.2.